The molecule has 0 aromatic carbocycles. The molecule has 0 saturated carbocycles. The topological polar surface area (TPSA) is 98.5 Å². The molecule has 7 heteroatoms. The molecule has 0 unspecified atom stereocenters. The molecule has 2 aromatic heterocycles. The number of hydrogen-bond donors (Lipinski definition) is 1. The van der Waals surface area contributed by atoms with Gasteiger partial charge in [0.1, 0.15) is 6.61 Å². The Balaban J connectivity index is 1.76. The number of hydrogen-bond acceptors (Lipinski definition) is 6. The van der Waals surface area contributed by atoms with E-state index in [-0.39, 0.29) is 35.5 Å². The Bertz CT molecular complexity index is 1220. The van der Waals surface area contributed by atoms with Crippen molar-refractivity contribution >= 4 is 23.4 Å². The summed E-state index contributed by atoms with van der Waals surface area (Å²) >= 11 is 0. The van der Waals surface area contributed by atoms with Crippen LogP contribution in [0.15, 0.2) is 29.6 Å². The quantitative estimate of drug-likeness (QED) is 0.511. The highest BCUT2D eigenvalue weighted by Crippen LogP contribution is 2.39. The van der Waals surface area contributed by atoms with Crippen LogP contribution in [0.25, 0.3) is 23.0 Å². The number of allylic oxidation sites excluding steroid dienone is 2. The molecule has 0 spiro atoms. The summed E-state index contributed by atoms with van der Waals surface area (Å²) < 4.78 is 6.62. The number of aromatic nitrogens is 2. The normalized spacial score (nSPS) is 21.7. The van der Waals surface area contributed by atoms with Crippen LogP contribution in [-0.2, 0) is 33.1 Å². The second-order valence-corrected chi connectivity index (χ2v) is 7.21. The van der Waals surface area contributed by atoms with Gasteiger partial charge < -0.3 is 14.4 Å². The first-order valence-corrected chi connectivity index (χ1v) is 8.98. The number of fused-ring (bicyclic) bond motifs is 5. The van der Waals surface area contributed by atoms with E-state index in [2.05, 4.69) is 11.6 Å². The molecule has 0 fully saturated rings. The van der Waals surface area contributed by atoms with E-state index in [0.717, 1.165) is 5.56 Å². The highest BCUT2D eigenvalue weighted by molar-refractivity contribution is 6.29. The lowest BCUT2D eigenvalue weighted by Crippen LogP contribution is -2.44. The summed E-state index contributed by atoms with van der Waals surface area (Å²) in [6.45, 7) is 5.63. The van der Waals surface area contributed by atoms with E-state index in [9.17, 15) is 19.5 Å². The lowest BCUT2D eigenvalue weighted by atomic mass is 9.86. The molecule has 0 radical (unpaired) electrons. The van der Waals surface area contributed by atoms with Crippen LogP contribution in [0.4, 0.5) is 0 Å². The van der Waals surface area contributed by atoms with Crippen molar-refractivity contribution < 1.29 is 19.4 Å². The van der Waals surface area contributed by atoms with Crippen molar-refractivity contribution in [1.82, 2.24) is 9.55 Å². The van der Waals surface area contributed by atoms with E-state index in [1.54, 1.807) is 23.6 Å². The highest BCUT2D eigenvalue weighted by atomic mass is 16.6. The SMILES string of the molecule is C=C1C(=O)C=Cc2nc3c(cc21)Cn1c-3cc2c(c1=O)COC(=O)[C@]2(O)CC. The summed E-state index contributed by atoms with van der Waals surface area (Å²) in [5, 5.41) is 10.9. The van der Waals surface area contributed by atoms with Gasteiger partial charge in [0.2, 0.25) is 0 Å². The molecule has 1 N–H and O–H groups in total. The fourth-order valence-corrected chi connectivity index (χ4v) is 4.09. The minimum Gasteiger partial charge on any atom is -0.458 e. The van der Waals surface area contributed by atoms with Crippen molar-refractivity contribution in [2.45, 2.75) is 32.1 Å². The molecule has 2 aromatic rings. The Hall–Kier alpha value is -3.32. The predicted molar refractivity (Wildman–Crippen MR) is 100 cm³/mol. The second kappa shape index (κ2) is 5.36. The maximum absolute atomic E-state index is 13.1. The monoisotopic (exact) mass is 376 g/mol. The lowest BCUT2D eigenvalue weighted by molar-refractivity contribution is -0.172. The van der Waals surface area contributed by atoms with Crippen molar-refractivity contribution in [3.05, 3.63) is 63.1 Å². The van der Waals surface area contributed by atoms with Gasteiger partial charge in [-0.25, -0.2) is 9.78 Å². The molecular formula is C21H16N2O5. The zero-order valence-electron chi connectivity index (χ0n) is 15.1. The number of ketones is 1. The van der Waals surface area contributed by atoms with Gasteiger partial charge in [0, 0.05) is 22.3 Å². The number of esters is 1. The number of carbonyl (C=O) groups excluding carboxylic acids is 2. The van der Waals surface area contributed by atoms with Crippen LogP contribution in [0.3, 0.4) is 0 Å². The van der Waals surface area contributed by atoms with Crippen molar-refractivity contribution in [2.24, 2.45) is 0 Å². The summed E-state index contributed by atoms with van der Waals surface area (Å²) in [5.74, 6) is -0.915. The van der Waals surface area contributed by atoms with Crippen LogP contribution in [0, 0.1) is 0 Å². The van der Waals surface area contributed by atoms with Crippen molar-refractivity contribution in [1.29, 1.82) is 0 Å². The van der Waals surface area contributed by atoms with Crippen LogP contribution in [-0.4, -0.2) is 26.4 Å². The summed E-state index contributed by atoms with van der Waals surface area (Å²) in [6.07, 6.45) is 3.15. The number of carbonyl (C=O) groups is 2. The summed E-state index contributed by atoms with van der Waals surface area (Å²) in [6, 6.07) is 3.50. The number of pyridine rings is 2. The zero-order chi connectivity index (χ0) is 19.8. The van der Waals surface area contributed by atoms with E-state index >= 15 is 0 Å². The standard InChI is InChI=1S/C21H16N2O5/c1-3-21(27)14-7-16-18-11(6-12-10(2)17(24)5-4-15(12)22-18)8-23(16)19(25)13(14)9-28-20(21)26/h4-7,27H,2-3,8-9H2,1H3/t21-/m0/s1. The van der Waals surface area contributed by atoms with E-state index in [4.69, 9.17) is 4.74 Å². The van der Waals surface area contributed by atoms with Gasteiger partial charge in [-0.1, -0.05) is 13.5 Å². The van der Waals surface area contributed by atoms with E-state index in [1.165, 1.54) is 6.08 Å². The third-order valence-corrected chi connectivity index (χ3v) is 5.76. The number of rotatable bonds is 1. The van der Waals surface area contributed by atoms with E-state index in [1.807, 2.05) is 6.07 Å². The Kier molecular flexibility index (Phi) is 3.22. The third-order valence-electron chi connectivity index (χ3n) is 5.76. The third kappa shape index (κ3) is 1.96. The molecule has 140 valence electrons. The fraction of sp³-hybridized carbons (Fsp3) is 0.238. The average molecular weight is 376 g/mol. The molecule has 1 aliphatic carbocycles. The molecule has 7 nitrogen and oxygen atoms in total. The minimum atomic E-state index is -1.85. The predicted octanol–water partition coefficient (Wildman–Crippen LogP) is 1.54. The van der Waals surface area contributed by atoms with Crippen molar-refractivity contribution in [2.75, 3.05) is 0 Å². The molecule has 2 aliphatic heterocycles. The van der Waals surface area contributed by atoms with Gasteiger partial charge in [0.15, 0.2) is 11.4 Å². The molecule has 0 amide bonds. The van der Waals surface area contributed by atoms with Gasteiger partial charge >= 0.3 is 5.97 Å². The Morgan fingerprint density at radius 3 is 2.82 bits per heavy atom. The average Bonchev–Trinajstić information content (AvgIpc) is 3.05. The van der Waals surface area contributed by atoms with Crippen LogP contribution in [0.2, 0.25) is 0 Å². The maximum Gasteiger partial charge on any atom is 0.343 e. The van der Waals surface area contributed by atoms with Crippen LogP contribution in [0.1, 0.15) is 41.3 Å². The first kappa shape index (κ1) is 16.8. The molecule has 1 atom stereocenters. The number of cyclic esters (lactones) is 1. The van der Waals surface area contributed by atoms with Gasteiger partial charge in [-0.2, -0.15) is 0 Å². The molecule has 4 heterocycles. The molecule has 3 aliphatic rings. The molecule has 0 saturated heterocycles. The maximum atomic E-state index is 13.1. The Labute approximate surface area is 159 Å². The first-order chi connectivity index (χ1) is 13.3. The van der Waals surface area contributed by atoms with Gasteiger partial charge in [-0.3, -0.25) is 9.59 Å². The summed E-state index contributed by atoms with van der Waals surface area (Å²) in [4.78, 5) is 41.8. The summed E-state index contributed by atoms with van der Waals surface area (Å²) in [7, 11) is 0. The Morgan fingerprint density at radius 2 is 2.07 bits per heavy atom. The molecule has 28 heavy (non-hydrogen) atoms. The van der Waals surface area contributed by atoms with E-state index < -0.39 is 11.6 Å². The second-order valence-electron chi connectivity index (χ2n) is 7.21. The smallest absolute Gasteiger partial charge is 0.343 e. The molecular weight excluding hydrogens is 360 g/mol. The highest BCUT2D eigenvalue weighted by Gasteiger charge is 2.45. The van der Waals surface area contributed by atoms with E-state index in [0.29, 0.717) is 34.8 Å². The van der Waals surface area contributed by atoms with Crippen LogP contribution < -0.4 is 5.56 Å². The fourth-order valence-electron chi connectivity index (χ4n) is 4.09. The number of ether oxygens (including phenoxy) is 1. The molecule has 0 bridgehead atoms. The number of nitrogens with zero attached hydrogens (tertiary/aromatic N) is 2. The van der Waals surface area contributed by atoms with Crippen LogP contribution in [0.5, 0.6) is 0 Å². The molecule has 5 rings (SSSR count). The minimum absolute atomic E-state index is 0.0941. The van der Waals surface area contributed by atoms with Crippen molar-refractivity contribution in [3.8, 4) is 11.4 Å². The van der Waals surface area contributed by atoms with Gasteiger partial charge in [-0.05, 0) is 30.7 Å². The van der Waals surface area contributed by atoms with Crippen LogP contribution >= 0.6 is 0 Å². The lowest BCUT2D eigenvalue weighted by Gasteiger charge is -2.31. The number of aliphatic hydroxyl groups is 1. The van der Waals surface area contributed by atoms with Gasteiger partial charge in [0.05, 0.1) is 29.2 Å². The van der Waals surface area contributed by atoms with Crippen molar-refractivity contribution in [3.63, 3.8) is 0 Å². The van der Waals surface area contributed by atoms with Gasteiger partial charge in [-0.15, -0.1) is 0 Å². The first-order valence-electron chi connectivity index (χ1n) is 8.98. The van der Waals surface area contributed by atoms with Gasteiger partial charge in [0.25, 0.3) is 5.56 Å². The largest absolute Gasteiger partial charge is 0.458 e. The zero-order valence-corrected chi connectivity index (χ0v) is 15.1. The Morgan fingerprint density at radius 1 is 1.29 bits per heavy atom. The summed E-state index contributed by atoms with van der Waals surface area (Å²) in [5.41, 5.74) is 1.96.